The number of rotatable bonds is 5. The van der Waals surface area contributed by atoms with Gasteiger partial charge in [-0.25, -0.2) is 4.79 Å². The van der Waals surface area contributed by atoms with Gasteiger partial charge in [-0.3, -0.25) is 9.59 Å². The van der Waals surface area contributed by atoms with E-state index in [-0.39, 0.29) is 22.4 Å². The van der Waals surface area contributed by atoms with Gasteiger partial charge in [0.15, 0.2) is 0 Å². The van der Waals surface area contributed by atoms with Crippen LogP contribution in [0.25, 0.3) is 0 Å². The largest absolute Gasteiger partial charge is 0.479 e. The Bertz CT molecular complexity index is 672. The third-order valence-electron chi connectivity index (χ3n) is 3.79. The Kier molecular flexibility index (Phi) is 5.77. The normalized spacial score (nSPS) is 20.0. The molecular weight excluding hydrogens is 352 g/mol. The van der Waals surface area contributed by atoms with Crippen LogP contribution in [0.4, 0.5) is 5.69 Å². The second kappa shape index (κ2) is 7.44. The quantitative estimate of drug-likeness (QED) is 0.740. The van der Waals surface area contributed by atoms with E-state index in [2.05, 4.69) is 10.6 Å². The molecule has 3 N–H and O–H groups in total. The van der Waals surface area contributed by atoms with Crippen molar-refractivity contribution in [3.05, 3.63) is 28.8 Å². The van der Waals surface area contributed by atoms with Crippen molar-refractivity contribution in [2.24, 2.45) is 5.92 Å². The highest BCUT2D eigenvalue weighted by atomic mass is 35.5. The fourth-order valence-electron chi connectivity index (χ4n) is 2.23. The lowest BCUT2D eigenvalue weighted by molar-refractivity contribution is -0.143. The van der Waals surface area contributed by atoms with E-state index in [1.165, 1.54) is 23.9 Å². The van der Waals surface area contributed by atoms with Crippen LogP contribution in [-0.4, -0.2) is 39.9 Å². The molecule has 1 fully saturated rings. The van der Waals surface area contributed by atoms with Gasteiger partial charge in [-0.05, 0) is 30.4 Å². The Morgan fingerprint density at radius 3 is 2.58 bits per heavy atom. The minimum Gasteiger partial charge on any atom is -0.479 e. The van der Waals surface area contributed by atoms with Crippen molar-refractivity contribution in [1.82, 2.24) is 5.32 Å². The van der Waals surface area contributed by atoms with Gasteiger partial charge < -0.3 is 15.7 Å². The average Bonchev–Trinajstić information content (AvgIpc) is 2.98. The van der Waals surface area contributed by atoms with Crippen LogP contribution < -0.4 is 10.6 Å². The van der Waals surface area contributed by atoms with Crippen molar-refractivity contribution >= 4 is 46.8 Å². The number of nitrogens with one attached hydrogen (secondary N) is 2. The lowest BCUT2D eigenvalue weighted by Crippen LogP contribution is -2.54. The Morgan fingerprint density at radius 2 is 2.04 bits per heavy atom. The molecule has 1 aromatic rings. The Hall–Kier alpha value is -1.73. The van der Waals surface area contributed by atoms with Crippen LogP contribution in [0, 0.1) is 5.92 Å². The molecule has 1 aliphatic heterocycles. The molecule has 1 aromatic carbocycles. The lowest BCUT2D eigenvalue weighted by atomic mass is 9.98. The van der Waals surface area contributed by atoms with Crippen LogP contribution in [0.1, 0.15) is 30.6 Å². The first kappa shape index (κ1) is 18.6. The molecule has 0 saturated carbocycles. The van der Waals surface area contributed by atoms with Gasteiger partial charge >= 0.3 is 5.97 Å². The number of hydrogen-bond donors (Lipinski definition) is 3. The minimum absolute atomic E-state index is 0.135. The van der Waals surface area contributed by atoms with Gasteiger partial charge in [0.25, 0.3) is 5.91 Å². The van der Waals surface area contributed by atoms with Crippen molar-refractivity contribution < 1.29 is 19.5 Å². The highest BCUT2D eigenvalue weighted by molar-refractivity contribution is 7.99. The number of thioether (sulfide) groups is 1. The van der Waals surface area contributed by atoms with Crippen LogP contribution in [0.15, 0.2) is 18.2 Å². The molecule has 1 heterocycles. The van der Waals surface area contributed by atoms with Crippen LogP contribution in [0.2, 0.25) is 5.02 Å². The van der Waals surface area contributed by atoms with Crippen molar-refractivity contribution in [3.63, 3.8) is 0 Å². The van der Waals surface area contributed by atoms with Crippen LogP contribution >= 0.6 is 23.4 Å². The molecule has 0 spiro atoms. The van der Waals surface area contributed by atoms with E-state index in [9.17, 15) is 19.5 Å². The maximum absolute atomic E-state index is 12.5. The topological polar surface area (TPSA) is 95.5 Å². The third kappa shape index (κ3) is 4.02. The predicted octanol–water partition coefficient (Wildman–Crippen LogP) is 2.62. The first-order valence-corrected chi connectivity index (χ1v) is 9.02. The third-order valence-corrected chi connectivity index (χ3v) is 5.31. The molecule has 130 valence electrons. The zero-order chi connectivity index (χ0) is 17.9. The van der Waals surface area contributed by atoms with E-state index >= 15 is 0 Å². The van der Waals surface area contributed by atoms with Crippen LogP contribution in [-0.2, 0) is 9.59 Å². The molecule has 2 rings (SSSR count). The average molecular weight is 371 g/mol. The fourth-order valence-corrected chi connectivity index (χ4v) is 3.76. The smallest absolute Gasteiger partial charge is 0.330 e. The van der Waals surface area contributed by atoms with Crippen molar-refractivity contribution in [1.29, 1.82) is 0 Å². The molecule has 24 heavy (non-hydrogen) atoms. The minimum atomic E-state index is -1.28. The summed E-state index contributed by atoms with van der Waals surface area (Å²) >= 11 is 7.55. The Balaban J connectivity index is 2.22. The number of aliphatic carboxylic acids is 1. The molecule has 1 atom stereocenters. The maximum atomic E-state index is 12.5. The van der Waals surface area contributed by atoms with E-state index in [1.54, 1.807) is 19.9 Å². The summed E-state index contributed by atoms with van der Waals surface area (Å²) in [4.78, 5) is 35.8. The highest BCUT2D eigenvalue weighted by Crippen LogP contribution is 2.29. The van der Waals surface area contributed by atoms with E-state index in [4.69, 9.17) is 11.6 Å². The number of anilines is 1. The van der Waals surface area contributed by atoms with Crippen LogP contribution in [0.5, 0.6) is 0 Å². The second-order valence-electron chi connectivity index (χ2n) is 5.98. The maximum Gasteiger partial charge on any atom is 0.330 e. The zero-order valence-corrected chi connectivity index (χ0v) is 15.0. The number of carboxylic acids is 1. The molecule has 0 aliphatic carbocycles. The summed E-state index contributed by atoms with van der Waals surface area (Å²) < 4.78 is 0. The van der Waals surface area contributed by atoms with Gasteiger partial charge in [-0.2, -0.15) is 11.8 Å². The SMILES string of the molecule is CC(C)C(=O)Nc1ccc(Cl)c(C(=O)NC2(C(=O)O)CCSC2)c1. The van der Waals surface area contributed by atoms with E-state index in [0.29, 0.717) is 23.6 Å². The summed E-state index contributed by atoms with van der Waals surface area (Å²) in [6.45, 7) is 3.51. The number of amides is 2. The lowest BCUT2D eigenvalue weighted by Gasteiger charge is -2.25. The zero-order valence-electron chi connectivity index (χ0n) is 13.4. The highest BCUT2D eigenvalue weighted by Gasteiger charge is 2.43. The summed E-state index contributed by atoms with van der Waals surface area (Å²) in [5.74, 6) is -1.02. The van der Waals surface area contributed by atoms with Crippen molar-refractivity contribution in [2.45, 2.75) is 25.8 Å². The summed E-state index contributed by atoms with van der Waals surface area (Å²) in [5.41, 5.74) is -0.702. The number of carbonyl (C=O) groups is 3. The molecule has 0 aromatic heterocycles. The van der Waals surface area contributed by atoms with Gasteiger partial charge in [-0.15, -0.1) is 0 Å². The van der Waals surface area contributed by atoms with Gasteiger partial charge in [-0.1, -0.05) is 25.4 Å². The number of benzene rings is 1. The number of carbonyl (C=O) groups excluding carboxylic acids is 2. The molecule has 1 saturated heterocycles. The van der Waals surface area contributed by atoms with Gasteiger partial charge in [0.05, 0.1) is 10.6 Å². The van der Waals surface area contributed by atoms with Gasteiger partial charge in [0.2, 0.25) is 5.91 Å². The Morgan fingerprint density at radius 1 is 1.33 bits per heavy atom. The number of hydrogen-bond acceptors (Lipinski definition) is 4. The number of halogens is 1. The van der Waals surface area contributed by atoms with Crippen LogP contribution in [0.3, 0.4) is 0 Å². The first-order valence-electron chi connectivity index (χ1n) is 7.49. The molecular formula is C16H19ClN2O4S. The van der Waals surface area contributed by atoms with E-state index < -0.39 is 17.4 Å². The van der Waals surface area contributed by atoms with Gasteiger partial charge in [0, 0.05) is 17.4 Å². The van der Waals surface area contributed by atoms with Gasteiger partial charge in [0.1, 0.15) is 5.54 Å². The first-order chi connectivity index (χ1) is 11.2. The molecule has 0 radical (unpaired) electrons. The van der Waals surface area contributed by atoms with E-state index in [0.717, 1.165) is 0 Å². The molecule has 8 heteroatoms. The summed E-state index contributed by atoms with van der Waals surface area (Å²) in [5, 5.41) is 14.9. The van der Waals surface area contributed by atoms with E-state index in [1.807, 2.05) is 0 Å². The molecule has 1 unspecified atom stereocenters. The fraction of sp³-hybridized carbons (Fsp3) is 0.438. The Labute approximate surface area is 149 Å². The summed E-state index contributed by atoms with van der Waals surface area (Å²) in [6.07, 6.45) is 0.361. The summed E-state index contributed by atoms with van der Waals surface area (Å²) in [7, 11) is 0. The van der Waals surface area contributed by atoms with Crippen molar-refractivity contribution in [3.8, 4) is 0 Å². The molecule has 2 amide bonds. The van der Waals surface area contributed by atoms with Crippen molar-refractivity contribution in [2.75, 3.05) is 16.8 Å². The predicted molar refractivity (Wildman–Crippen MR) is 94.7 cm³/mol. The molecule has 0 bridgehead atoms. The summed E-state index contributed by atoms with van der Waals surface area (Å²) in [6, 6.07) is 4.55. The second-order valence-corrected chi connectivity index (χ2v) is 7.49. The molecule has 6 nitrogen and oxygen atoms in total. The monoisotopic (exact) mass is 370 g/mol. The number of carboxylic acid groups (broad SMARTS) is 1. The molecule has 1 aliphatic rings. The standard InChI is InChI=1S/C16H19ClN2O4S/c1-9(2)13(20)18-10-3-4-12(17)11(7-10)14(21)19-16(15(22)23)5-6-24-8-16/h3-4,7,9H,5-6,8H2,1-2H3,(H,18,20)(H,19,21)(H,22,23).